The molecule has 7 nitrogen and oxygen atoms in total. The van der Waals surface area contributed by atoms with Crippen molar-refractivity contribution in [2.24, 2.45) is 0 Å². The number of benzene rings is 3. The van der Waals surface area contributed by atoms with Crippen molar-refractivity contribution in [1.29, 1.82) is 5.26 Å². The van der Waals surface area contributed by atoms with E-state index in [1.165, 1.54) is 0 Å². The molecule has 0 aliphatic rings. The van der Waals surface area contributed by atoms with Crippen molar-refractivity contribution in [1.82, 2.24) is 9.78 Å². The Morgan fingerprint density at radius 1 is 1.00 bits per heavy atom. The third kappa shape index (κ3) is 4.93. The van der Waals surface area contributed by atoms with Gasteiger partial charge in [0, 0.05) is 11.6 Å². The molecule has 0 atom stereocenters. The molecule has 9 heteroatoms. The van der Waals surface area contributed by atoms with E-state index in [2.05, 4.69) is 21.8 Å². The zero-order chi connectivity index (χ0) is 23.4. The van der Waals surface area contributed by atoms with Gasteiger partial charge >= 0.3 is 6.03 Å². The van der Waals surface area contributed by atoms with Crippen molar-refractivity contribution in [2.45, 2.75) is 0 Å². The number of amides is 2. The summed E-state index contributed by atoms with van der Waals surface area (Å²) in [5.41, 5.74) is 2.80. The highest BCUT2D eigenvalue weighted by atomic mass is 35.5. The molecule has 0 saturated heterocycles. The van der Waals surface area contributed by atoms with Gasteiger partial charge in [0.2, 0.25) is 0 Å². The molecular weight excluding hydrogens is 461 g/mol. The normalized spacial score (nSPS) is 10.4. The minimum atomic E-state index is -0.528. The van der Waals surface area contributed by atoms with Gasteiger partial charge in [-0.05, 0) is 54.6 Å². The molecular formula is C24H17Cl2N5O2. The summed E-state index contributed by atoms with van der Waals surface area (Å²) in [6.45, 7) is 0. The third-order valence-electron chi connectivity index (χ3n) is 4.78. The maximum atomic E-state index is 12.7. The highest BCUT2D eigenvalue weighted by molar-refractivity contribution is 6.42. The maximum Gasteiger partial charge on any atom is 0.324 e. The molecule has 0 radical (unpaired) electrons. The number of carbonyl (C=O) groups is 1. The highest BCUT2D eigenvalue weighted by Gasteiger charge is 2.16. The average Bonchev–Trinajstić information content (AvgIpc) is 3.24. The number of para-hydroxylation sites is 1. The van der Waals surface area contributed by atoms with Gasteiger partial charge in [-0.25, -0.2) is 9.48 Å². The van der Waals surface area contributed by atoms with Crippen molar-refractivity contribution < 1.29 is 9.53 Å². The van der Waals surface area contributed by atoms with Crippen molar-refractivity contribution in [2.75, 3.05) is 17.7 Å². The van der Waals surface area contributed by atoms with E-state index < -0.39 is 6.03 Å². The zero-order valence-electron chi connectivity index (χ0n) is 17.3. The van der Waals surface area contributed by atoms with Crippen molar-refractivity contribution >= 4 is 40.7 Å². The highest BCUT2D eigenvalue weighted by Crippen LogP contribution is 2.29. The summed E-state index contributed by atoms with van der Waals surface area (Å²) >= 11 is 12.3. The van der Waals surface area contributed by atoms with Crippen LogP contribution in [-0.4, -0.2) is 22.9 Å². The summed E-state index contributed by atoms with van der Waals surface area (Å²) in [5, 5.41) is 20.2. The van der Waals surface area contributed by atoms with E-state index >= 15 is 0 Å². The van der Waals surface area contributed by atoms with Gasteiger partial charge in [-0.3, -0.25) is 5.32 Å². The predicted octanol–water partition coefficient (Wildman–Crippen LogP) is 6.37. The molecule has 1 aromatic heterocycles. The van der Waals surface area contributed by atoms with Crippen LogP contribution in [0.25, 0.3) is 16.9 Å². The summed E-state index contributed by atoms with van der Waals surface area (Å²) < 4.78 is 6.77. The fourth-order valence-electron chi connectivity index (χ4n) is 3.15. The molecule has 0 saturated carbocycles. The van der Waals surface area contributed by atoms with E-state index in [0.29, 0.717) is 38.5 Å². The van der Waals surface area contributed by atoms with E-state index in [0.717, 1.165) is 11.3 Å². The number of halogens is 2. The number of carbonyl (C=O) groups excluding carboxylic acids is 1. The quantitative estimate of drug-likeness (QED) is 0.349. The number of methoxy groups -OCH3 is 1. The second-order valence-corrected chi connectivity index (χ2v) is 7.70. The first-order valence-corrected chi connectivity index (χ1v) is 10.5. The summed E-state index contributed by atoms with van der Waals surface area (Å²) in [5.74, 6) is 1.11. The molecule has 33 heavy (non-hydrogen) atoms. The fourth-order valence-corrected chi connectivity index (χ4v) is 3.44. The second kappa shape index (κ2) is 9.65. The number of rotatable bonds is 5. The smallest absolute Gasteiger partial charge is 0.324 e. The summed E-state index contributed by atoms with van der Waals surface area (Å²) in [6, 6.07) is 22.4. The monoisotopic (exact) mass is 477 g/mol. The average molecular weight is 478 g/mol. The lowest BCUT2D eigenvalue weighted by Gasteiger charge is -2.11. The number of hydrogen-bond acceptors (Lipinski definition) is 4. The van der Waals surface area contributed by atoms with Crippen LogP contribution in [0.15, 0.2) is 72.8 Å². The van der Waals surface area contributed by atoms with Crippen LogP contribution >= 0.6 is 23.2 Å². The lowest BCUT2D eigenvalue weighted by molar-refractivity contribution is 0.262. The Morgan fingerprint density at radius 3 is 2.45 bits per heavy atom. The van der Waals surface area contributed by atoms with Crippen LogP contribution in [0.3, 0.4) is 0 Å². The number of ether oxygens (including phenoxy) is 1. The van der Waals surface area contributed by atoms with Gasteiger partial charge < -0.3 is 10.1 Å². The molecule has 0 aliphatic carbocycles. The van der Waals surface area contributed by atoms with E-state index in [-0.39, 0.29) is 0 Å². The minimum Gasteiger partial charge on any atom is -0.497 e. The Balaban J connectivity index is 1.70. The van der Waals surface area contributed by atoms with Crippen molar-refractivity contribution in [3.8, 4) is 28.8 Å². The van der Waals surface area contributed by atoms with Gasteiger partial charge in [0.25, 0.3) is 0 Å². The molecule has 2 N–H and O–H groups in total. The van der Waals surface area contributed by atoms with Crippen LogP contribution in [0.5, 0.6) is 5.75 Å². The van der Waals surface area contributed by atoms with Gasteiger partial charge in [-0.15, -0.1) is 0 Å². The Bertz CT molecular complexity index is 1360. The molecule has 4 aromatic rings. The number of nitrogens with one attached hydrogen (secondary N) is 2. The first kappa shape index (κ1) is 22.2. The zero-order valence-corrected chi connectivity index (χ0v) is 18.9. The van der Waals surface area contributed by atoms with Gasteiger partial charge in [0.15, 0.2) is 0 Å². The molecule has 164 valence electrons. The van der Waals surface area contributed by atoms with E-state index in [1.807, 2.05) is 24.3 Å². The lowest BCUT2D eigenvalue weighted by atomic mass is 10.1. The maximum absolute atomic E-state index is 12.7. The third-order valence-corrected chi connectivity index (χ3v) is 5.52. The van der Waals surface area contributed by atoms with Gasteiger partial charge in [-0.2, -0.15) is 10.4 Å². The Labute approximate surface area is 200 Å². The first-order valence-electron chi connectivity index (χ1n) is 9.75. The van der Waals surface area contributed by atoms with Crippen LogP contribution in [0.4, 0.5) is 16.3 Å². The number of aromatic nitrogens is 2. The molecule has 3 aromatic carbocycles. The molecule has 0 aliphatic heterocycles. The molecule has 0 bridgehead atoms. The van der Waals surface area contributed by atoms with E-state index in [9.17, 15) is 10.1 Å². The minimum absolute atomic E-state index is 0.351. The molecule has 1 heterocycles. The SMILES string of the molecule is COc1ccc(-c2cc(NC(=O)Nc3ccccc3C#N)n(-c3ccc(Cl)c(Cl)c3)n2)cc1. The van der Waals surface area contributed by atoms with Crippen LogP contribution < -0.4 is 15.4 Å². The number of urea groups is 1. The van der Waals surface area contributed by atoms with Gasteiger partial charge in [0.05, 0.1) is 39.8 Å². The van der Waals surface area contributed by atoms with Crippen molar-refractivity contribution in [3.05, 3.63) is 88.4 Å². The molecule has 0 unspecified atom stereocenters. The number of hydrogen-bond donors (Lipinski definition) is 2. The van der Waals surface area contributed by atoms with Crippen LogP contribution in [-0.2, 0) is 0 Å². The largest absolute Gasteiger partial charge is 0.497 e. The first-order chi connectivity index (χ1) is 16.0. The Kier molecular flexibility index (Phi) is 6.50. The van der Waals surface area contributed by atoms with Crippen LogP contribution in [0.2, 0.25) is 10.0 Å². The van der Waals surface area contributed by atoms with Crippen molar-refractivity contribution in [3.63, 3.8) is 0 Å². The summed E-state index contributed by atoms with van der Waals surface area (Å²) in [7, 11) is 1.60. The van der Waals surface area contributed by atoms with Crippen LogP contribution in [0, 0.1) is 11.3 Å². The fraction of sp³-hybridized carbons (Fsp3) is 0.0417. The molecule has 4 rings (SSSR count). The van der Waals surface area contributed by atoms with Crippen LogP contribution in [0.1, 0.15) is 5.56 Å². The standard InChI is InChI=1S/C24H17Cl2N5O2/c1-33-18-9-6-15(7-10-18)22-13-23(31(30-22)17-8-11-19(25)20(26)12-17)29-24(32)28-21-5-3-2-4-16(21)14-27/h2-13H,1H3,(H2,28,29,32). The number of nitriles is 1. The molecule has 2 amide bonds. The van der Waals surface area contributed by atoms with E-state index in [4.69, 9.17) is 27.9 Å². The van der Waals surface area contributed by atoms with E-state index in [1.54, 1.807) is 60.3 Å². The van der Waals surface area contributed by atoms with Gasteiger partial charge in [-0.1, -0.05) is 35.3 Å². The second-order valence-electron chi connectivity index (χ2n) is 6.89. The number of anilines is 2. The summed E-state index contributed by atoms with van der Waals surface area (Å²) in [6.07, 6.45) is 0. The van der Waals surface area contributed by atoms with Gasteiger partial charge in [0.1, 0.15) is 17.6 Å². The molecule has 0 spiro atoms. The lowest BCUT2D eigenvalue weighted by Crippen LogP contribution is -2.21. The summed E-state index contributed by atoms with van der Waals surface area (Å²) in [4.78, 5) is 12.7. The number of nitrogens with zero attached hydrogens (tertiary/aromatic N) is 3. The Hall–Kier alpha value is -3.99. The molecule has 0 fully saturated rings. The topological polar surface area (TPSA) is 92.0 Å². The predicted molar refractivity (Wildman–Crippen MR) is 129 cm³/mol. The Morgan fingerprint density at radius 2 is 1.76 bits per heavy atom.